The van der Waals surface area contributed by atoms with Gasteiger partial charge in [-0.3, -0.25) is 0 Å². The van der Waals surface area contributed by atoms with E-state index in [0.717, 1.165) is 38.7 Å². The van der Waals surface area contributed by atoms with E-state index < -0.39 is 5.97 Å². The fourth-order valence-corrected chi connectivity index (χ4v) is 6.04. The number of carbonyl (C=O) groups is 1. The number of nitrogens with zero attached hydrogens (tertiary/aromatic N) is 1. The molecule has 0 unspecified atom stereocenters. The Bertz CT molecular complexity index is 1260. The van der Waals surface area contributed by atoms with Crippen LogP contribution in [-0.2, 0) is 16.1 Å². The van der Waals surface area contributed by atoms with Crippen LogP contribution in [0.25, 0.3) is 6.08 Å². The number of esters is 1. The first-order valence-electron chi connectivity index (χ1n) is 9.46. The van der Waals surface area contributed by atoms with Crippen LogP contribution >= 0.6 is 90.4 Å². The third kappa shape index (κ3) is 5.66. The maximum Gasteiger partial charge on any atom is 0.363 e. The van der Waals surface area contributed by atoms with Crippen molar-refractivity contribution in [3.8, 4) is 5.75 Å². The van der Waals surface area contributed by atoms with E-state index in [1.54, 1.807) is 6.08 Å². The summed E-state index contributed by atoms with van der Waals surface area (Å²) in [7, 11) is 0. The first kappa shape index (κ1) is 24.4. The average molecular weight is 873 g/mol. The molecule has 3 aromatic carbocycles. The number of hydrogen-bond donors (Lipinski definition) is 0. The summed E-state index contributed by atoms with van der Waals surface area (Å²) < 4.78 is 15.8. The van der Waals surface area contributed by atoms with Gasteiger partial charge < -0.3 is 9.47 Å². The number of hydrogen-bond acceptors (Lipinski definition) is 4. The summed E-state index contributed by atoms with van der Waals surface area (Å²) >= 11 is 9.11. The topological polar surface area (TPSA) is 47.9 Å². The molecule has 0 aromatic heterocycles. The quantitative estimate of drug-likeness (QED) is 0.153. The molecule has 3 aromatic rings. The molecule has 4 nitrogen and oxygen atoms in total. The van der Waals surface area contributed by atoms with Crippen molar-refractivity contribution in [3.05, 3.63) is 96.8 Å². The number of ether oxygens (including phenoxy) is 2. The van der Waals surface area contributed by atoms with E-state index in [1.165, 1.54) is 3.57 Å². The first-order valence-corrected chi connectivity index (χ1v) is 13.8. The minimum atomic E-state index is -0.444. The molecule has 0 radical (unpaired) electrons. The Morgan fingerprint density at radius 2 is 1.66 bits per heavy atom. The van der Waals surface area contributed by atoms with Crippen LogP contribution in [0.15, 0.2) is 65.3 Å². The Morgan fingerprint density at radius 1 is 0.938 bits per heavy atom. The van der Waals surface area contributed by atoms with Crippen LogP contribution in [0, 0.1) is 21.2 Å². The fourth-order valence-electron chi connectivity index (χ4n) is 3.03. The molecule has 0 spiro atoms. The Kier molecular flexibility index (Phi) is 8.14. The highest BCUT2D eigenvalue weighted by Crippen LogP contribution is 2.31. The molecule has 0 bridgehead atoms. The average Bonchev–Trinajstić information content (AvgIpc) is 3.11. The van der Waals surface area contributed by atoms with Crippen LogP contribution in [-0.4, -0.2) is 11.9 Å². The maximum atomic E-state index is 12.4. The molecule has 0 fully saturated rings. The number of carbonyl (C=O) groups excluding carboxylic acids is 1. The molecule has 0 N–H and O–H groups in total. The number of aryl methyl sites for hydroxylation is 1. The van der Waals surface area contributed by atoms with Gasteiger partial charge in [0.25, 0.3) is 0 Å². The van der Waals surface area contributed by atoms with Crippen molar-refractivity contribution in [2.75, 3.05) is 0 Å². The predicted octanol–water partition coefficient (Wildman–Crippen LogP) is 7.34. The zero-order valence-electron chi connectivity index (χ0n) is 16.7. The van der Waals surface area contributed by atoms with E-state index in [2.05, 4.69) is 107 Å². The Balaban J connectivity index is 1.57. The van der Waals surface area contributed by atoms with E-state index >= 15 is 0 Å². The lowest BCUT2D eigenvalue weighted by atomic mass is 10.1. The molecule has 4 rings (SSSR count). The smallest absolute Gasteiger partial charge is 0.363 e. The molecule has 32 heavy (non-hydrogen) atoms. The van der Waals surface area contributed by atoms with Gasteiger partial charge in [-0.1, -0.05) is 18.2 Å². The molecule has 0 saturated heterocycles. The summed E-state index contributed by atoms with van der Waals surface area (Å²) in [5.74, 6) is 0.725. The van der Waals surface area contributed by atoms with Gasteiger partial charge in [-0.2, -0.15) is 0 Å². The Labute approximate surface area is 240 Å². The van der Waals surface area contributed by atoms with Gasteiger partial charge in [0.15, 0.2) is 5.70 Å². The van der Waals surface area contributed by atoms with Crippen LogP contribution in [0.3, 0.4) is 0 Å². The van der Waals surface area contributed by atoms with Crippen LogP contribution in [0.1, 0.15) is 22.3 Å². The van der Waals surface area contributed by atoms with Crippen molar-refractivity contribution in [2.24, 2.45) is 4.99 Å². The molecule has 162 valence electrons. The molecule has 1 aliphatic heterocycles. The minimum Gasteiger partial charge on any atom is -0.487 e. The minimum absolute atomic E-state index is 0.287. The van der Waals surface area contributed by atoms with E-state index in [4.69, 9.17) is 9.47 Å². The Morgan fingerprint density at radius 3 is 2.34 bits per heavy atom. The van der Waals surface area contributed by atoms with Crippen molar-refractivity contribution < 1.29 is 14.3 Å². The summed E-state index contributed by atoms with van der Waals surface area (Å²) in [4.78, 5) is 16.8. The second kappa shape index (κ2) is 10.7. The normalized spacial score (nSPS) is 14.5. The lowest BCUT2D eigenvalue weighted by Crippen LogP contribution is -2.05. The highest BCUT2D eigenvalue weighted by molar-refractivity contribution is 14.1. The molecule has 0 atom stereocenters. The number of halogens is 4. The van der Waals surface area contributed by atoms with Gasteiger partial charge in [-0.05, 0) is 151 Å². The number of aliphatic imine (C=N–C) groups is 1. The molecule has 1 aliphatic rings. The lowest BCUT2D eigenvalue weighted by molar-refractivity contribution is -0.129. The van der Waals surface area contributed by atoms with Crippen LogP contribution in [0.5, 0.6) is 5.75 Å². The second-order valence-electron chi connectivity index (χ2n) is 6.99. The van der Waals surface area contributed by atoms with Gasteiger partial charge in [0.05, 0.1) is 7.14 Å². The van der Waals surface area contributed by atoms with Gasteiger partial charge >= 0.3 is 5.97 Å². The zero-order valence-corrected chi connectivity index (χ0v) is 25.3. The molecule has 0 amide bonds. The molecular weight excluding hydrogens is 858 g/mol. The highest BCUT2D eigenvalue weighted by Gasteiger charge is 2.24. The van der Waals surface area contributed by atoms with E-state index in [1.807, 2.05) is 49.4 Å². The van der Waals surface area contributed by atoms with Crippen molar-refractivity contribution in [2.45, 2.75) is 13.5 Å². The summed E-state index contributed by atoms with van der Waals surface area (Å²) in [6.45, 7) is 2.52. The van der Waals surface area contributed by atoms with Gasteiger partial charge in [0.1, 0.15) is 12.4 Å². The van der Waals surface area contributed by atoms with E-state index in [9.17, 15) is 4.79 Å². The molecule has 8 heteroatoms. The van der Waals surface area contributed by atoms with E-state index in [-0.39, 0.29) is 5.70 Å². The van der Waals surface area contributed by atoms with Crippen molar-refractivity contribution in [1.82, 2.24) is 0 Å². The molecule has 0 saturated carbocycles. The van der Waals surface area contributed by atoms with Crippen molar-refractivity contribution in [1.29, 1.82) is 0 Å². The van der Waals surface area contributed by atoms with Crippen LogP contribution in [0.4, 0.5) is 0 Å². The number of benzene rings is 3. The molecular formula is C24H15I4NO3. The largest absolute Gasteiger partial charge is 0.487 e. The monoisotopic (exact) mass is 873 g/mol. The summed E-state index contributed by atoms with van der Waals surface area (Å²) in [5.41, 5.74) is 4.21. The van der Waals surface area contributed by atoms with Crippen molar-refractivity contribution >= 4 is 108 Å². The number of cyclic esters (lactones) is 1. The maximum absolute atomic E-state index is 12.4. The molecule has 0 aliphatic carbocycles. The lowest BCUT2D eigenvalue weighted by Gasteiger charge is -2.12. The van der Waals surface area contributed by atoms with Gasteiger partial charge in [-0.15, -0.1) is 0 Å². The standard InChI is InChI=1S/C24H15I4NO3/c1-13-8-15(6-7-17(13)25)23-29-21(24(30)32-23)11-14-9-19(27)22(20(28)10-14)31-12-16-4-2-3-5-18(16)26/h2-11H,12H2,1H3/b21-11-. The van der Waals surface area contributed by atoms with Crippen molar-refractivity contribution in [3.63, 3.8) is 0 Å². The third-order valence-electron chi connectivity index (χ3n) is 4.68. The third-order valence-corrected chi connectivity index (χ3v) is 8.54. The zero-order chi connectivity index (χ0) is 22.8. The van der Waals surface area contributed by atoms with Crippen LogP contribution < -0.4 is 4.74 Å². The van der Waals surface area contributed by atoms with Gasteiger partial charge in [0.2, 0.25) is 5.90 Å². The summed E-state index contributed by atoms with van der Waals surface area (Å²) in [6, 6.07) is 18.0. The Hall–Kier alpha value is -0.740. The number of rotatable bonds is 5. The SMILES string of the molecule is Cc1cc(C2=N/C(=C\c3cc(I)c(OCc4ccccc4I)c(I)c3)C(=O)O2)ccc1I. The summed E-state index contributed by atoms with van der Waals surface area (Å²) in [6.07, 6.45) is 1.75. The fraction of sp³-hybridized carbons (Fsp3) is 0.0833. The van der Waals surface area contributed by atoms with Gasteiger partial charge in [0, 0.05) is 18.3 Å². The van der Waals surface area contributed by atoms with E-state index in [0.29, 0.717) is 12.5 Å². The highest BCUT2D eigenvalue weighted by atomic mass is 127. The van der Waals surface area contributed by atoms with Crippen LogP contribution in [0.2, 0.25) is 0 Å². The second-order valence-corrected chi connectivity index (χ2v) is 11.6. The first-order chi connectivity index (χ1) is 15.3. The summed E-state index contributed by atoms with van der Waals surface area (Å²) in [5, 5.41) is 0. The van der Waals surface area contributed by atoms with Gasteiger partial charge in [-0.25, -0.2) is 9.79 Å². The molecule has 1 heterocycles. The predicted molar refractivity (Wildman–Crippen MR) is 160 cm³/mol.